The summed E-state index contributed by atoms with van der Waals surface area (Å²) < 4.78 is 10.4. The molecule has 0 aliphatic carbocycles. The number of benzene rings is 1. The Labute approximate surface area is 133 Å². The summed E-state index contributed by atoms with van der Waals surface area (Å²) in [6, 6.07) is 2.25. The third-order valence-corrected chi connectivity index (χ3v) is 3.10. The van der Waals surface area contributed by atoms with Crippen LogP contribution in [0.1, 0.15) is 18.5 Å². The van der Waals surface area contributed by atoms with Gasteiger partial charge in [-0.05, 0) is 25.1 Å². The average Bonchev–Trinajstić information content (AvgIpc) is 2.51. The van der Waals surface area contributed by atoms with Crippen molar-refractivity contribution < 1.29 is 23.9 Å². The zero-order valence-corrected chi connectivity index (χ0v) is 13.1. The maximum absolute atomic E-state index is 11.9. The highest BCUT2D eigenvalue weighted by Gasteiger charge is 2.25. The molecule has 0 spiro atoms. The van der Waals surface area contributed by atoms with E-state index in [1.54, 1.807) is 25.1 Å². The lowest BCUT2D eigenvalue weighted by Gasteiger charge is -2.20. The van der Waals surface area contributed by atoms with E-state index in [0.717, 1.165) is 0 Å². The van der Waals surface area contributed by atoms with Gasteiger partial charge in [0.1, 0.15) is 11.5 Å². The zero-order valence-electron chi connectivity index (χ0n) is 13.1. The first-order valence-corrected chi connectivity index (χ1v) is 6.67. The normalized spacial score (nSPS) is 11.5. The number of nitrogens with one attached hydrogen (secondary N) is 2. The Morgan fingerprint density at radius 2 is 1.65 bits per heavy atom. The smallest absolute Gasteiger partial charge is 0.316 e. The van der Waals surface area contributed by atoms with Crippen LogP contribution < -0.4 is 31.6 Å². The predicted molar refractivity (Wildman–Crippen MR) is 81.8 cm³/mol. The number of ether oxygens (including phenoxy) is 2. The molecule has 4 amide bonds. The summed E-state index contributed by atoms with van der Waals surface area (Å²) in [6.07, 6.45) is 0. The molecule has 1 aromatic rings. The summed E-state index contributed by atoms with van der Waals surface area (Å²) in [5.41, 5.74) is 10.6. The quantitative estimate of drug-likeness (QED) is 0.495. The maximum Gasteiger partial charge on any atom is 0.316 e. The Morgan fingerprint density at radius 1 is 1.04 bits per heavy atom. The summed E-state index contributed by atoms with van der Waals surface area (Å²) in [5, 5.41) is 4.67. The molecule has 6 N–H and O–H groups in total. The van der Waals surface area contributed by atoms with Gasteiger partial charge in [-0.3, -0.25) is 9.59 Å². The molecule has 0 heterocycles. The van der Waals surface area contributed by atoms with Crippen LogP contribution in [0.25, 0.3) is 0 Å². The lowest BCUT2D eigenvalue weighted by Crippen LogP contribution is -2.55. The van der Waals surface area contributed by atoms with Crippen LogP contribution in [0.15, 0.2) is 18.2 Å². The monoisotopic (exact) mass is 324 g/mol. The molecule has 0 aromatic heterocycles. The highest BCUT2D eigenvalue weighted by molar-refractivity contribution is 6.05. The van der Waals surface area contributed by atoms with Crippen molar-refractivity contribution in [2.45, 2.75) is 19.0 Å². The first-order valence-electron chi connectivity index (χ1n) is 6.67. The summed E-state index contributed by atoms with van der Waals surface area (Å²) in [4.78, 5) is 34.0. The van der Waals surface area contributed by atoms with E-state index in [2.05, 4.69) is 10.6 Å². The molecule has 1 atom stereocenters. The first-order chi connectivity index (χ1) is 10.8. The number of nitrogens with two attached hydrogens (primary N) is 2. The van der Waals surface area contributed by atoms with Crippen LogP contribution >= 0.6 is 0 Å². The first kappa shape index (κ1) is 18.1. The third-order valence-electron chi connectivity index (χ3n) is 3.10. The molecular weight excluding hydrogens is 304 g/mol. The standard InChI is InChI=1S/C14H20N4O5/c1-7(9-6-8(22-2)4-5-10(9)23-3)17-14(21)18-11(12(15)19)13(16)20/h4-7,11H,1-3H3,(H2,15,19)(H2,16,20)(H2,17,18,21)/t7-/m1/s1. The second-order valence-electron chi connectivity index (χ2n) is 4.69. The van der Waals surface area contributed by atoms with E-state index in [0.29, 0.717) is 17.1 Å². The molecule has 23 heavy (non-hydrogen) atoms. The van der Waals surface area contributed by atoms with Gasteiger partial charge in [0.15, 0.2) is 6.04 Å². The number of primary amides is 2. The van der Waals surface area contributed by atoms with Gasteiger partial charge in [-0.25, -0.2) is 4.79 Å². The Kier molecular flexibility index (Phi) is 6.19. The molecule has 126 valence electrons. The Balaban J connectivity index is 2.86. The van der Waals surface area contributed by atoms with Gasteiger partial charge < -0.3 is 31.6 Å². The molecule has 0 bridgehead atoms. The topological polar surface area (TPSA) is 146 Å². The number of hydrogen-bond acceptors (Lipinski definition) is 5. The SMILES string of the molecule is COc1ccc(OC)c([C@@H](C)NC(=O)NC(C(N)=O)C(N)=O)c1. The highest BCUT2D eigenvalue weighted by Crippen LogP contribution is 2.29. The van der Waals surface area contributed by atoms with E-state index in [1.165, 1.54) is 14.2 Å². The van der Waals surface area contributed by atoms with Crippen LogP contribution in [0.4, 0.5) is 4.79 Å². The average molecular weight is 324 g/mol. The lowest BCUT2D eigenvalue weighted by molar-refractivity contribution is -0.128. The highest BCUT2D eigenvalue weighted by atomic mass is 16.5. The summed E-state index contributed by atoms with van der Waals surface area (Å²) in [5.74, 6) is -0.958. The molecule has 0 saturated carbocycles. The largest absolute Gasteiger partial charge is 0.497 e. The lowest BCUT2D eigenvalue weighted by atomic mass is 10.1. The number of hydrogen-bond donors (Lipinski definition) is 4. The Bertz CT molecular complexity index is 591. The molecule has 9 heteroatoms. The molecule has 0 aliphatic rings. The fourth-order valence-electron chi connectivity index (χ4n) is 1.91. The van der Waals surface area contributed by atoms with Crippen molar-refractivity contribution in [1.29, 1.82) is 0 Å². The molecule has 0 radical (unpaired) electrons. The van der Waals surface area contributed by atoms with Crippen LogP contribution in [0.3, 0.4) is 0 Å². The number of urea groups is 1. The zero-order chi connectivity index (χ0) is 17.6. The van der Waals surface area contributed by atoms with E-state index in [1.807, 2.05) is 0 Å². The second kappa shape index (κ2) is 7.87. The van der Waals surface area contributed by atoms with Crippen LogP contribution in [0, 0.1) is 0 Å². The fourth-order valence-corrected chi connectivity index (χ4v) is 1.91. The second-order valence-corrected chi connectivity index (χ2v) is 4.69. The third kappa shape index (κ3) is 4.77. The summed E-state index contributed by atoms with van der Waals surface area (Å²) >= 11 is 0. The molecule has 0 aliphatic heterocycles. The van der Waals surface area contributed by atoms with Gasteiger partial charge in [-0.1, -0.05) is 0 Å². The Hall–Kier alpha value is -2.97. The van der Waals surface area contributed by atoms with Gasteiger partial charge in [0.2, 0.25) is 11.8 Å². The van der Waals surface area contributed by atoms with Crippen LogP contribution in [0.2, 0.25) is 0 Å². The van der Waals surface area contributed by atoms with Crippen molar-refractivity contribution in [1.82, 2.24) is 10.6 Å². The number of amides is 4. The van der Waals surface area contributed by atoms with Crippen molar-refractivity contribution in [2.24, 2.45) is 11.5 Å². The van der Waals surface area contributed by atoms with Crippen molar-refractivity contribution in [2.75, 3.05) is 14.2 Å². The van der Waals surface area contributed by atoms with Crippen molar-refractivity contribution in [3.05, 3.63) is 23.8 Å². The van der Waals surface area contributed by atoms with Gasteiger partial charge in [0.25, 0.3) is 0 Å². The van der Waals surface area contributed by atoms with Gasteiger partial charge in [0, 0.05) is 5.56 Å². The molecule has 1 aromatic carbocycles. The predicted octanol–water partition coefficient (Wildman–Crippen LogP) is -0.597. The molecule has 0 unspecified atom stereocenters. The fraction of sp³-hybridized carbons (Fsp3) is 0.357. The van der Waals surface area contributed by atoms with E-state index < -0.39 is 29.9 Å². The minimum atomic E-state index is -1.59. The van der Waals surface area contributed by atoms with E-state index in [-0.39, 0.29) is 0 Å². The number of rotatable bonds is 7. The minimum Gasteiger partial charge on any atom is -0.497 e. The molecule has 1 rings (SSSR count). The maximum atomic E-state index is 11.9. The number of carbonyl (C=O) groups is 3. The number of carbonyl (C=O) groups excluding carboxylic acids is 3. The van der Waals surface area contributed by atoms with Gasteiger partial charge >= 0.3 is 6.03 Å². The minimum absolute atomic E-state index is 0.499. The van der Waals surface area contributed by atoms with Gasteiger partial charge in [-0.15, -0.1) is 0 Å². The Morgan fingerprint density at radius 3 is 2.13 bits per heavy atom. The molecule has 0 fully saturated rings. The number of methoxy groups -OCH3 is 2. The molecule has 0 saturated heterocycles. The summed E-state index contributed by atoms with van der Waals surface area (Å²) in [6.45, 7) is 1.69. The van der Waals surface area contributed by atoms with Crippen LogP contribution in [-0.2, 0) is 9.59 Å². The van der Waals surface area contributed by atoms with Gasteiger partial charge in [0.05, 0.1) is 20.3 Å². The van der Waals surface area contributed by atoms with Gasteiger partial charge in [-0.2, -0.15) is 0 Å². The van der Waals surface area contributed by atoms with E-state index in [9.17, 15) is 14.4 Å². The van der Waals surface area contributed by atoms with Crippen molar-refractivity contribution >= 4 is 17.8 Å². The van der Waals surface area contributed by atoms with E-state index >= 15 is 0 Å². The van der Waals surface area contributed by atoms with Crippen LogP contribution in [0.5, 0.6) is 11.5 Å². The van der Waals surface area contributed by atoms with Crippen molar-refractivity contribution in [3.63, 3.8) is 0 Å². The molecular formula is C14H20N4O5. The van der Waals surface area contributed by atoms with Crippen molar-refractivity contribution in [3.8, 4) is 11.5 Å². The molecule has 9 nitrogen and oxygen atoms in total. The van der Waals surface area contributed by atoms with E-state index in [4.69, 9.17) is 20.9 Å². The summed E-state index contributed by atoms with van der Waals surface area (Å²) in [7, 11) is 3.01. The van der Waals surface area contributed by atoms with Crippen LogP contribution in [-0.4, -0.2) is 38.1 Å².